The zero-order valence-corrected chi connectivity index (χ0v) is 12.1. The lowest BCUT2D eigenvalue weighted by atomic mass is 10.0. The summed E-state index contributed by atoms with van der Waals surface area (Å²) < 4.78 is 5.35. The number of methoxy groups -OCH3 is 1. The molecule has 4 heteroatoms. The fourth-order valence-corrected chi connectivity index (χ4v) is 2.18. The third-order valence-corrected chi connectivity index (χ3v) is 3.74. The number of hydrogen-bond acceptors (Lipinski definition) is 3. The van der Waals surface area contributed by atoms with Gasteiger partial charge >= 0.3 is 0 Å². The van der Waals surface area contributed by atoms with Crippen LogP contribution in [0.25, 0.3) is 0 Å². The summed E-state index contributed by atoms with van der Waals surface area (Å²) in [5.41, 5.74) is 7.30. The van der Waals surface area contributed by atoms with E-state index in [0.717, 1.165) is 29.8 Å². The van der Waals surface area contributed by atoms with Gasteiger partial charge in [0.15, 0.2) is 0 Å². The summed E-state index contributed by atoms with van der Waals surface area (Å²) in [5, 5.41) is 0. The van der Waals surface area contributed by atoms with E-state index in [9.17, 15) is 4.79 Å². The predicted molar refractivity (Wildman–Crippen MR) is 76.6 cm³/mol. The van der Waals surface area contributed by atoms with Gasteiger partial charge in [0, 0.05) is 12.7 Å². The van der Waals surface area contributed by atoms with Crippen LogP contribution in [0.5, 0.6) is 5.75 Å². The normalized spacial score (nSPS) is 16.3. The molecule has 0 radical (unpaired) electrons. The number of amides is 1. The van der Waals surface area contributed by atoms with Crippen molar-refractivity contribution in [1.82, 2.24) is 0 Å². The molecule has 1 aromatic rings. The molecule has 0 bridgehead atoms. The van der Waals surface area contributed by atoms with Crippen molar-refractivity contribution in [2.45, 2.75) is 38.1 Å². The van der Waals surface area contributed by atoms with Gasteiger partial charge in [-0.1, -0.05) is 13.8 Å². The van der Waals surface area contributed by atoms with Gasteiger partial charge in [0.05, 0.1) is 12.6 Å². The van der Waals surface area contributed by atoms with Gasteiger partial charge in [-0.2, -0.15) is 0 Å². The Morgan fingerprint density at radius 1 is 1.42 bits per heavy atom. The van der Waals surface area contributed by atoms with Crippen LogP contribution in [0.15, 0.2) is 18.2 Å². The third kappa shape index (κ3) is 2.59. The Balaban J connectivity index is 2.30. The molecule has 0 atom stereocenters. The lowest BCUT2D eigenvalue weighted by Crippen LogP contribution is -2.43. The minimum Gasteiger partial charge on any atom is -0.496 e. The van der Waals surface area contributed by atoms with Crippen LogP contribution in [0, 0.1) is 0 Å². The molecule has 104 valence electrons. The molecular formula is C15H22N2O2. The van der Waals surface area contributed by atoms with Crippen LogP contribution in [0.1, 0.15) is 38.2 Å². The van der Waals surface area contributed by atoms with Crippen LogP contribution in [-0.2, 0) is 4.79 Å². The van der Waals surface area contributed by atoms with Gasteiger partial charge < -0.3 is 15.4 Å². The second-order valence-electron chi connectivity index (χ2n) is 5.60. The molecule has 4 nitrogen and oxygen atoms in total. The smallest absolute Gasteiger partial charge is 0.246 e. The van der Waals surface area contributed by atoms with E-state index < -0.39 is 5.54 Å². The minimum absolute atomic E-state index is 0.00706. The molecule has 2 rings (SSSR count). The van der Waals surface area contributed by atoms with E-state index in [0.29, 0.717) is 5.92 Å². The topological polar surface area (TPSA) is 55.6 Å². The number of carbonyl (C=O) groups is 1. The van der Waals surface area contributed by atoms with Crippen LogP contribution in [0.2, 0.25) is 0 Å². The Hall–Kier alpha value is -1.55. The van der Waals surface area contributed by atoms with Gasteiger partial charge in [0.25, 0.3) is 0 Å². The van der Waals surface area contributed by atoms with E-state index >= 15 is 0 Å². The Morgan fingerprint density at radius 3 is 2.53 bits per heavy atom. The highest BCUT2D eigenvalue weighted by Crippen LogP contribution is 2.36. The molecule has 1 amide bonds. The maximum Gasteiger partial charge on any atom is 0.246 e. The van der Waals surface area contributed by atoms with Gasteiger partial charge in [-0.3, -0.25) is 4.79 Å². The Labute approximate surface area is 114 Å². The summed E-state index contributed by atoms with van der Waals surface area (Å²) in [6.07, 6.45) is 1.56. The third-order valence-electron chi connectivity index (χ3n) is 3.74. The highest BCUT2D eigenvalue weighted by atomic mass is 16.5. The Morgan fingerprint density at radius 2 is 2.05 bits per heavy atom. The SMILES string of the molecule is COc1ccc(N(C)C(=O)C2(N)CC2)cc1C(C)C. The summed E-state index contributed by atoms with van der Waals surface area (Å²) in [4.78, 5) is 13.9. The molecule has 1 aliphatic carbocycles. The van der Waals surface area contributed by atoms with Crippen molar-refractivity contribution < 1.29 is 9.53 Å². The Bertz CT molecular complexity index is 493. The van der Waals surface area contributed by atoms with Crippen LogP contribution in [0.4, 0.5) is 5.69 Å². The zero-order chi connectivity index (χ0) is 14.2. The molecule has 1 aliphatic rings. The van der Waals surface area contributed by atoms with Crippen molar-refractivity contribution >= 4 is 11.6 Å². The van der Waals surface area contributed by atoms with Crippen LogP contribution in [0.3, 0.4) is 0 Å². The van der Waals surface area contributed by atoms with Crippen molar-refractivity contribution in [2.75, 3.05) is 19.1 Å². The highest BCUT2D eigenvalue weighted by Gasteiger charge is 2.47. The van der Waals surface area contributed by atoms with Gasteiger partial charge in [0.2, 0.25) is 5.91 Å². The maximum absolute atomic E-state index is 12.2. The molecule has 0 aliphatic heterocycles. The van der Waals surface area contributed by atoms with Crippen molar-refractivity contribution in [1.29, 1.82) is 0 Å². The standard InChI is InChI=1S/C15H22N2O2/c1-10(2)12-9-11(5-6-13(12)19-4)17(3)14(18)15(16)7-8-15/h5-6,9-10H,7-8,16H2,1-4H3. The second-order valence-corrected chi connectivity index (χ2v) is 5.60. The summed E-state index contributed by atoms with van der Waals surface area (Å²) in [6, 6.07) is 5.81. The van der Waals surface area contributed by atoms with Gasteiger partial charge in [0.1, 0.15) is 5.75 Å². The van der Waals surface area contributed by atoms with E-state index in [-0.39, 0.29) is 5.91 Å². The van der Waals surface area contributed by atoms with Crippen molar-refractivity contribution in [3.8, 4) is 5.75 Å². The number of carbonyl (C=O) groups excluding carboxylic acids is 1. The van der Waals surface area contributed by atoms with Gasteiger partial charge in [-0.05, 0) is 42.5 Å². The average molecular weight is 262 g/mol. The van der Waals surface area contributed by atoms with E-state index in [1.807, 2.05) is 18.2 Å². The fourth-order valence-electron chi connectivity index (χ4n) is 2.18. The number of nitrogens with zero attached hydrogens (tertiary/aromatic N) is 1. The number of ether oxygens (including phenoxy) is 1. The second kappa shape index (κ2) is 4.85. The first-order valence-corrected chi connectivity index (χ1v) is 6.64. The lowest BCUT2D eigenvalue weighted by molar-refractivity contribution is -0.120. The maximum atomic E-state index is 12.2. The van der Waals surface area contributed by atoms with Crippen molar-refractivity contribution in [3.05, 3.63) is 23.8 Å². The van der Waals surface area contributed by atoms with E-state index in [2.05, 4.69) is 13.8 Å². The van der Waals surface area contributed by atoms with Crippen molar-refractivity contribution in [2.24, 2.45) is 5.73 Å². The molecule has 0 unspecified atom stereocenters. The van der Waals surface area contributed by atoms with Crippen molar-refractivity contribution in [3.63, 3.8) is 0 Å². The van der Waals surface area contributed by atoms with Crippen LogP contribution >= 0.6 is 0 Å². The van der Waals surface area contributed by atoms with Gasteiger partial charge in [-0.15, -0.1) is 0 Å². The predicted octanol–water partition coefficient (Wildman–Crippen LogP) is 2.27. The van der Waals surface area contributed by atoms with E-state index in [1.165, 1.54) is 0 Å². The summed E-state index contributed by atoms with van der Waals surface area (Å²) in [7, 11) is 3.44. The molecule has 1 saturated carbocycles. The van der Waals surface area contributed by atoms with Crippen LogP contribution < -0.4 is 15.4 Å². The van der Waals surface area contributed by atoms with Gasteiger partial charge in [-0.25, -0.2) is 0 Å². The summed E-state index contributed by atoms with van der Waals surface area (Å²) >= 11 is 0. The average Bonchev–Trinajstić information content (AvgIpc) is 3.15. The first-order valence-electron chi connectivity index (χ1n) is 6.64. The summed E-state index contributed by atoms with van der Waals surface area (Å²) in [5.74, 6) is 1.19. The summed E-state index contributed by atoms with van der Waals surface area (Å²) in [6.45, 7) is 4.21. The number of benzene rings is 1. The molecule has 19 heavy (non-hydrogen) atoms. The largest absolute Gasteiger partial charge is 0.496 e. The number of rotatable bonds is 4. The number of anilines is 1. The Kier molecular flexibility index (Phi) is 3.54. The number of hydrogen-bond donors (Lipinski definition) is 1. The number of nitrogens with two attached hydrogens (primary N) is 1. The molecular weight excluding hydrogens is 240 g/mol. The number of likely N-dealkylation sites (N-methyl/N-ethyl adjacent to an activating group) is 1. The molecule has 0 aromatic heterocycles. The fraction of sp³-hybridized carbons (Fsp3) is 0.533. The lowest BCUT2D eigenvalue weighted by Gasteiger charge is -2.23. The first kappa shape index (κ1) is 13.9. The first-order chi connectivity index (χ1) is 8.89. The molecule has 0 heterocycles. The molecule has 2 N–H and O–H groups in total. The zero-order valence-electron chi connectivity index (χ0n) is 12.1. The van der Waals surface area contributed by atoms with Crippen LogP contribution in [-0.4, -0.2) is 25.6 Å². The molecule has 0 spiro atoms. The highest BCUT2D eigenvalue weighted by molar-refractivity contribution is 6.01. The van der Waals surface area contributed by atoms with E-state index in [1.54, 1.807) is 19.1 Å². The molecule has 1 aromatic carbocycles. The monoisotopic (exact) mass is 262 g/mol. The van der Waals surface area contributed by atoms with E-state index in [4.69, 9.17) is 10.5 Å². The quantitative estimate of drug-likeness (QED) is 0.905. The molecule has 1 fully saturated rings. The molecule has 0 saturated heterocycles. The minimum atomic E-state index is -0.632.